The van der Waals surface area contributed by atoms with Crippen molar-refractivity contribution in [3.63, 3.8) is 0 Å². The van der Waals surface area contributed by atoms with Crippen LogP contribution in [0.25, 0.3) is 0 Å². The molecule has 0 aromatic carbocycles. The molecule has 1 N–H and O–H groups in total. The van der Waals surface area contributed by atoms with Crippen LogP contribution in [0.4, 0.5) is 11.5 Å². The quantitative estimate of drug-likeness (QED) is 0.688. The molecule has 0 atom stereocenters. The first-order valence-electron chi connectivity index (χ1n) is 4.16. The van der Waals surface area contributed by atoms with Gasteiger partial charge >= 0.3 is 0 Å². The molecule has 4 nitrogen and oxygen atoms in total. The van der Waals surface area contributed by atoms with Gasteiger partial charge in [0.2, 0.25) is 0 Å². The summed E-state index contributed by atoms with van der Waals surface area (Å²) in [5.41, 5.74) is 0.874. The molecule has 0 unspecified atom stereocenters. The molecule has 0 aliphatic rings. The van der Waals surface area contributed by atoms with Gasteiger partial charge in [0.15, 0.2) is 5.82 Å². The third-order valence-corrected chi connectivity index (χ3v) is 1.63. The van der Waals surface area contributed by atoms with Gasteiger partial charge in [-0.3, -0.25) is 5.32 Å². The normalized spacial score (nSPS) is 9.69. The molecule has 0 fully saturated rings. The van der Waals surface area contributed by atoms with E-state index in [0.29, 0.717) is 6.61 Å². The molecular weight excluding hydrogens is 166 g/mol. The fraction of sp³-hybridized carbons (Fsp3) is 0.444. The Hall–Kier alpha value is -1.29. The molecule has 0 aliphatic heterocycles. The van der Waals surface area contributed by atoms with E-state index in [0.717, 1.165) is 18.1 Å². The van der Waals surface area contributed by atoms with Gasteiger partial charge in [0, 0.05) is 26.9 Å². The van der Waals surface area contributed by atoms with Crippen molar-refractivity contribution in [2.45, 2.75) is 0 Å². The van der Waals surface area contributed by atoms with Gasteiger partial charge in [-0.25, -0.2) is 4.98 Å². The number of hydrogen-bond donors (Lipinski definition) is 1. The Morgan fingerprint density at radius 3 is 3.15 bits per heavy atom. The summed E-state index contributed by atoms with van der Waals surface area (Å²) in [4.78, 5) is 4.16. The number of rotatable bonds is 5. The molecule has 0 amide bonds. The topological polar surface area (TPSA) is 48.2 Å². The lowest BCUT2D eigenvalue weighted by atomic mass is 10.4. The van der Waals surface area contributed by atoms with Gasteiger partial charge in [0.05, 0.1) is 12.3 Å². The average molecular weight is 180 g/mol. The minimum absolute atomic E-state index is 0.666. The zero-order valence-electron chi connectivity index (χ0n) is 7.95. The van der Waals surface area contributed by atoms with E-state index in [2.05, 4.69) is 15.6 Å². The van der Waals surface area contributed by atoms with Crippen LogP contribution < -0.4 is 10.6 Å². The molecule has 0 bridgehead atoms. The van der Waals surface area contributed by atoms with Crippen molar-refractivity contribution in [3.05, 3.63) is 18.3 Å². The van der Waals surface area contributed by atoms with E-state index in [1.807, 2.05) is 12.1 Å². The molecule has 0 spiro atoms. The Labute approximate surface area is 78.3 Å². The number of hydrogen-bond acceptors (Lipinski definition) is 3. The highest BCUT2D eigenvalue weighted by Gasteiger charge is 1.99. The van der Waals surface area contributed by atoms with Crippen LogP contribution in [-0.4, -0.2) is 32.3 Å². The van der Waals surface area contributed by atoms with Gasteiger partial charge in [-0.2, -0.15) is 0 Å². The van der Waals surface area contributed by atoms with Gasteiger partial charge in [-0.1, -0.05) is 0 Å². The summed E-state index contributed by atoms with van der Waals surface area (Å²) < 4.78 is 4.92. The van der Waals surface area contributed by atoms with E-state index in [9.17, 15) is 0 Å². The predicted molar refractivity (Wildman–Crippen MR) is 52.3 cm³/mol. The second kappa shape index (κ2) is 5.37. The predicted octanol–water partition coefficient (Wildman–Crippen LogP) is 1.01. The van der Waals surface area contributed by atoms with Crippen LogP contribution in [0.15, 0.2) is 18.3 Å². The number of methoxy groups -OCH3 is 1. The number of pyridine rings is 1. The van der Waals surface area contributed by atoms with E-state index < -0.39 is 0 Å². The summed E-state index contributed by atoms with van der Waals surface area (Å²) in [6.45, 7) is 1.41. The Bertz CT molecular complexity index is 252. The molecular formula is C9H14N3O. The van der Waals surface area contributed by atoms with Crippen molar-refractivity contribution in [1.29, 1.82) is 0 Å². The standard InChI is InChI=1S/C9H14N3O/c1-10-8-4-3-5-11-9(8)12-6-7-13-2/h3-5H,6-7H2,1-2H3,(H,11,12). The van der Waals surface area contributed by atoms with Gasteiger partial charge in [0.1, 0.15) is 0 Å². The van der Waals surface area contributed by atoms with Gasteiger partial charge in [0.25, 0.3) is 0 Å². The summed E-state index contributed by atoms with van der Waals surface area (Å²) in [6.07, 6.45) is 1.74. The first-order chi connectivity index (χ1) is 6.38. The van der Waals surface area contributed by atoms with Crippen LogP contribution >= 0.6 is 0 Å². The molecule has 0 saturated heterocycles. The van der Waals surface area contributed by atoms with E-state index >= 15 is 0 Å². The highest BCUT2D eigenvalue weighted by atomic mass is 16.5. The minimum atomic E-state index is 0.666. The van der Waals surface area contributed by atoms with E-state index in [-0.39, 0.29) is 0 Å². The second-order valence-corrected chi connectivity index (χ2v) is 2.51. The molecule has 0 aliphatic carbocycles. The number of aromatic nitrogens is 1. The summed E-state index contributed by atoms with van der Waals surface area (Å²) >= 11 is 0. The van der Waals surface area contributed by atoms with Crippen LogP contribution in [0.5, 0.6) is 0 Å². The first kappa shape index (κ1) is 9.80. The number of ether oxygens (including phenoxy) is 1. The molecule has 1 radical (unpaired) electrons. The van der Waals surface area contributed by atoms with Crippen LogP contribution in [0.2, 0.25) is 0 Å². The molecule has 13 heavy (non-hydrogen) atoms. The zero-order chi connectivity index (χ0) is 9.52. The maximum absolute atomic E-state index is 4.92. The van der Waals surface area contributed by atoms with Crippen LogP contribution in [0, 0.1) is 0 Å². The van der Waals surface area contributed by atoms with Crippen molar-refractivity contribution in [1.82, 2.24) is 10.3 Å². The second-order valence-electron chi connectivity index (χ2n) is 2.51. The van der Waals surface area contributed by atoms with E-state index in [4.69, 9.17) is 4.74 Å². The Morgan fingerprint density at radius 2 is 2.46 bits per heavy atom. The van der Waals surface area contributed by atoms with Crippen LogP contribution in [0.3, 0.4) is 0 Å². The van der Waals surface area contributed by atoms with Crippen molar-refractivity contribution in [2.75, 3.05) is 32.6 Å². The molecule has 1 heterocycles. The van der Waals surface area contributed by atoms with Crippen molar-refractivity contribution >= 4 is 11.5 Å². The number of nitrogens with zero attached hydrogens (tertiary/aromatic N) is 2. The summed E-state index contributed by atoms with van der Waals surface area (Å²) in [6, 6.07) is 3.78. The van der Waals surface area contributed by atoms with Gasteiger partial charge < -0.3 is 10.1 Å². The Morgan fingerprint density at radius 1 is 1.62 bits per heavy atom. The van der Waals surface area contributed by atoms with Crippen LogP contribution in [0.1, 0.15) is 0 Å². The monoisotopic (exact) mass is 180 g/mol. The molecule has 1 aromatic heterocycles. The fourth-order valence-electron chi connectivity index (χ4n) is 0.985. The van der Waals surface area contributed by atoms with Crippen molar-refractivity contribution < 1.29 is 4.74 Å². The zero-order valence-corrected chi connectivity index (χ0v) is 7.95. The Kier molecular flexibility index (Phi) is 4.05. The lowest BCUT2D eigenvalue weighted by Gasteiger charge is -2.07. The lowest BCUT2D eigenvalue weighted by Crippen LogP contribution is -2.10. The Balaban J connectivity index is 2.54. The summed E-state index contributed by atoms with van der Waals surface area (Å²) in [5, 5.41) is 7.22. The third-order valence-electron chi connectivity index (χ3n) is 1.63. The van der Waals surface area contributed by atoms with Gasteiger partial charge in [-0.15, -0.1) is 0 Å². The fourth-order valence-corrected chi connectivity index (χ4v) is 0.985. The lowest BCUT2D eigenvalue weighted by molar-refractivity contribution is 0.210. The van der Waals surface area contributed by atoms with E-state index in [1.165, 1.54) is 0 Å². The average Bonchev–Trinajstić information content (AvgIpc) is 2.19. The maximum atomic E-state index is 4.92. The summed E-state index contributed by atoms with van der Waals surface area (Å²) in [7, 11) is 3.42. The molecule has 1 aromatic rings. The SMILES string of the molecule is C[N]c1cccnc1NCCOC. The molecule has 1 rings (SSSR count). The number of anilines is 1. The largest absolute Gasteiger partial charge is 0.383 e. The number of nitrogens with one attached hydrogen (secondary N) is 1. The molecule has 4 heteroatoms. The molecule has 71 valence electrons. The summed E-state index contributed by atoms with van der Waals surface area (Å²) in [5.74, 6) is 0.807. The first-order valence-corrected chi connectivity index (χ1v) is 4.16. The smallest absolute Gasteiger partial charge is 0.151 e. The molecule has 0 saturated carbocycles. The van der Waals surface area contributed by atoms with E-state index in [1.54, 1.807) is 20.4 Å². The third kappa shape index (κ3) is 2.91. The van der Waals surface area contributed by atoms with Gasteiger partial charge in [-0.05, 0) is 12.1 Å². The van der Waals surface area contributed by atoms with Crippen molar-refractivity contribution in [3.8, 4) is 0 Å². The van der Waals surface area contributed by atoms with Crippen LogP contribution in [-0.2, 0) is 4.74 Å². The highest BCUT2D eigenvalue weighted by molar-refractivity contribution is 5.58. The maximum Gasteiger partial charge on any atom is 0.151 e. The minimum Gasteiger partial charge on any atom is -0.383 e. The highest BCUT2D eigenvalue weighted by Crippen LogP contribution is 2.16. The van der Waals surface area contributed by atoms with Crippen molar-refractivity contribution in [2.24, 2.45) is 0 Å².